The molecule has 2 atom stereocenters. The van der Waals surface area contributed by atoms with E-state index in [4.69, 9.17) is 0 Å². The minimum absolute atomic E-state index is 0.214. The first kappa shape index (κ1) is 13.3. The van der Waals surface area contributed by atoms with E-state index in [1.807, 2.05) is 0 Å². The average Bonchev–Trinajstić information content (AvgIpc) is 2.35. The third-order valence-electron chi connectivity index (χ3n) is 3.57. The van der Waals surface area contributed by atoms with Gasteiger partial charge in [-0.2, -0.15) is 4.31 Å². The number of hydrogen-bond acceptors (Lipinski definition) is 3. The highest BCUT2D eigenvalue weighted by atomic mass is 32.2. The lowest BCUT2D eigenvalue weighted by molar-refractivity contribution is 0.0976. The molecule has 0 amide bonds. The lowest BCUT2D eigenvalue weighted by atomic mass is 9.95. The summed E-state index contributed by atoms with van der Waals surface area (Å²) in [5, 5.41) is 0. The zero-order valence-electron chi connectivity index (χ0n) is 11.3. The molecule has 0 aromatic heterocycles. The second-order valence-electron chi connectivity index (χ2n) is 6.73. The number of piperazine rings is 1. The molecule has 4 nitrogen and oxygen atoms in total. The van der Waals surface area contributed by atoms with Gasteiger partial charge >= 0.3 is 0 Å². The molecule has 17 heavy (non-hydrogen) atoms. The van der Waals surface area contributed by atoms with Crippen LogP contribution in [0.4, 0.5) is 0 Å². The molecular weight excluding hydrogens is 236 g/mol. The lowest BCUT2D eigenvalue weighted by Gasteiger charge is -2.41. The van der Waals surface area contributed by atoms with E-state index in [0.717, 1.165) is 32.5 Å². The van der Waals surface area contributed by atoms with Gasteiger partial charge in [-0.05, 0) is 18.3 Å². The highest BCUT2D eigenvalue weighted by Crippen LogP contribution is 2.33. The van der Waals surface area contributed by atoms with Crippen LogP contribution in [0.15, 0.2) is 0 Å². The fourth-order valence-corrected chi connectivity index (χ4v) is 4.72. The Morgan fingerprint density at radius 2 is 1.59 bits per heavy atom. The first-order valence-corrected chi connectivity index (χ1v) is 8.22. The van der Waals surface area contributed by atoms with Crippen molar-refractivity contribution in [1.29, 1.82) is 0 Å². The van der Waals surface area contributed by atoms with E-state index in [9.17, 15) is 8.42 Å². The molecule has 100 valence electrons. The van der Waals surface area contributed by atoms with Crippen LogP contribution in [0.3, 0.4) is 0 Å². The van der Waals surface area contributed by atoms with Crippen LogP contribution in [-0.4, -0.2) is 55.6 Å². The van der Waals surface area contributed by atoms with Gasteiger partial charge in [-0.1, -0.05) is 20.8 Å². The maximum absolute atomic E-state index is 11.7. The van der Waals surface area contributed by atoms with Gasteiger partial charge in [0, 0.05) is 31.7 Å². The molecule has 0 radical (unpaired) electrons. The molecule has 0 spiro atoms. The molecule has 2 rings (SSSR count). The van der Waals surface area contributed by atoms with Gasteiger partial charge in [0.25, 0.3) is 0 Å². The second-order valence-corrected chi connectivity index (χ2v) is 8.62. The minimum Gasteiger partial charge on any atom is -0.300 e. The molecule has 2 bridgehead atoms. The van der Waals surface area contributed by atoms with Gasteiger partial charge in [0.05, 0.1) is 6.26 Å². The van der Waals surface area contributed by atoms with E-state index in [-0.39, 0.29) is 17.5 Å². The summed E-state index contributed by atoms with van der Waals surface area (Å²) >= 11 is 0. The van der Waals surface area contributed by atoms with Crippen molar-refractivity contribution in [3.05, 3.63) is 0 Å². The van der Waals surface area contributed by atoms with Crippen LogP contribution in [-0.2, 0) is 10.0 Å². The summed E-state index contributed by atoms with van der Waals surface area (Å²) in [6, 6.07) is 0.428. The predicted molar refractivity (Wildman–Crippen MR) is 69.4 cm³/mol. The number of nitrogens with zero attached hydrogens (tertiary/aromatic N) is 2. The van der Waals surface area contributed by atoms with Crippen LogP contribution in [0.1, 0.15) is 33.6 Å². The molecular formula is C12H24N2O2S. The normalized spacial score (nSPS) is 32.0. The van der Waals surface area contributed by atoms with Crippen molar-refractivity contribution in [3.8, 4) is 0 Å². The SMILES string of the molecule is CC(C)(C)CN1CC2CCC(C1)N2S(C)(=O)=O. The molecule has 0 saturated carbocycles. The van der Waals surface area contributed by atoms with Gasteiger partial charge in [0.2, 0.25) is 10.0 Å². The van der Waals surface area contributed by atoms with E-state index in [2.05, 4.69) is 25.7 Å². The molecule has 2 aliphatic heterocycles. The van der Waals surface area contributed by atoms with E-state index in [1.165, 1.54) is 6.26 Å². The Morgan fingerprint density at radius 3 is 1.94 bits per heavy atom. The fourth-order valence-electron chi connectivity index (χ4n) is 3.29. The van der Waals surface area contributed by atoms with Gasteiger partial charge < -0.3 is 0 Å². The average molecular weight is 260 g/mol. The quantitative estimate of drug-likeness (QED) is 0.747. The largest absolute Gasteiger partial charge is 0.300 e. The number of hydrogen-bond donors (Lipinski definition) is 0. The monoisotopic (exact) mass is 260 g/mol. The van der Waals surface area contributed by atoms with Gasteiger partial charge in [-0.15, -0.1) is 0 Å². The maximum atomic E-state index is 11.7. The fraction of sp³-hybridized carbons (Fsp3) is 1.00. The van der Waals surface area contributed by atoms with E-state index >= 15 is 0 Å². The Bertz CT molecular complexity index is 372. The summed E-state index contributed by atoms with van der Waals surface area (Å²) in [5.41, 5.74) is 0.284. The van der Waals surface area contributed by atoms with Crippen molar-refractivity contribution < 1.29 is 8.42 Å². The Labute approximate surface area is 105 Å². The van der Waals surface area contributed by atoms with Crippen molar-refractivity contribution in [1.82, 2.24) is 9.21 Å². The number of rotatable bonds is 2. The van der Waals surface area contributed by atoms with Crippen LogP contribution < -0.4 is 0 Å². The number of fused-ring (bicyclic) bond motifs is 2. The highest BCUT2D eigenvalue weighted by molar-refractivity contribution is 7.88. The summed E-state index contributed by atoms with van der Waals surface area (Å²) < 4.78 is 25.2. The standard InChI is InChI=1S/C12H24N2O2S/c1-12(2,3)9-13-7-10-5-6-11(8-13)14(10)17(4,15)16/h10-11H,5-9H2,1-4H3. The third kappa shape index (κ3) is 3.01. The first-order valence-electron chi connectivity index (χ1n) is 6.38. The molecule has 0 N–H and O–H groups in total. The van der Waals surface area contributed by atoms with E-state index in [0.29, 0.717) is 0 Å². The highest BCUT2D eigenvalue weighted by Gasteiger charge is 2.44. The summed E-state index contributed by atoms with van der Waals surface area (Å²) in [7, 11) is -3.02. The van der Waals surface area contributed by atoms with E-state index < -0.39 is 10.0 Å². The molecule has 2 saturated heterocycles. The molecule has 0 aromatic carbocycles. The molecule has 2 fully saturated rings. The predicted octanol–water partition coefficient (Wildman–Crippen LogP) is 1.14. The zero-order valence-corrected chi connectivity index (χ0v) is 12.1. The van der Waals surface area contributed by atoms with Crippen molar-refractivity contribution in [2.24, 2.45) is 5.41 Å². The molecule has 0 aromatic rings. The molecule has 2 aliphatic rings. The Morgan fingerprint density at radius 1 is 1.12 bits per heavy atom. The topological polar surface area (TPSA) is 40.6 Å². The number of sulfonamides is 1. The van der Waals surface area contributed by atoms with Gasteiger partial charge in [-0.3, -0.25) is 4.90 Å². The summed E-state index contributed by atoms with van der Waals surface area (Å²) in [5.74, 6) is 0. The van der Waals surface area contributed by atoms with Crippen LogP contribution in [0.5, 0.6) is 0 Å². The van der Waals surface area contributed by atoms with Gasteiger partial charge in [0.15, 0.2) is 0 Å². The maximum Gasteiger partial charge on any atom is 0.211 e. The summed E-state index contributed by atoms with van der Waals surface area (Å²) in [4.78, 5) is 2.43. The summed E-state index contributed by atoms with van der Waals surface area (Å²) in [6.45, 7) is 9.56. The van der Waals surface area contributed by atoms with Crippen LogP contribution in [0.2, 0.25) is 0 Å². The number of likely N-dealkylation sites (tertiary alicyclic amines) is 1. The second kappa shape index (κ2) is 4.21. The Kier molecular flexibility index (Phi) is 3.30. The Hall–Kier alpha value is -0.130. The van der Waals surface area contributed by atoms with Crippen molar-refractivity contribution >= 4 is 10.0 Å². The summed E-state index contributed by atoms with van der Waals surface area (Å²) in [6.07, 6.45) is 3.40. The van der Waals surface area contributed by atoms with Crippen molar-refractivity contribution in [3.63, 3.8) is 0 Å². The smallest absolute Gasteiger partial charge is 0.211 e. The molecule has 2 heterocycles. The van der Waals surface area contributed by atoms with Crippen LogP contribution in [0.25, 0.3) is 0 Å². The molecule has 0 aliphatic carbocycles. The molecule has 2 unspecified atom stereocenters. The van der Waals surface area contributed by atoms with Gasteiger partial charge in [-0.25, -0.2) is 8.42 Å². The van der Waals surface area contributed by atoms with Crippen LogP contribution >= 0.6 is 0 Å². The zero-order chi connectivity index (χ0) is 12.8. The Balaban J connectivity index is 2.07. The van der Waals surface area contributed by atoms with Crippen LogP contribution in [0, 0.1) is 5.41 Å². The van der Waals surface area contributed by atoms with Crippen molar-refractivity contribution in [2.75, 3.05) is 25.9 Å². The van der Waals surface area contributed by atoms with Gasteiger partial charge in [0.1, 0.15) is 0 Å². The first-order chi connectivity index (χ1) is 7.67. The lowest BCUT2D eigenvalue weighted by Crippen LogP contribution is -2.56. The third-order valence-corrected chi connectivity index (χ3v) is 4.93. The molecule has 5 heteroatoms. The van der Waals surface area contributed by atoms with Crippen molar-refractivity contribution in [2.45, 2.75) is 45.7 Å². The van der Waals surface area contributed by atoms with E-state index in [1.54, 1.807) is 4.31 Å². The minimum atomic E-state index is -3.02.